The van der Waals surface area contributed by atoms with Crippen LogP contribution in [0.15, 0.2) is 36.4 Å². The van der Waals surface area contributed by atoms with Crippen LogP contribution in [0.2, 0.25) is 0 Å². The molecule has 0 aliphatic rings. The van der Waals surface area contributed by atoms with Gasteiger partial charge in [0.05, 0.1) is 23.3 Å². The molecular weight excluding hydrogens is 276 g/mol. The highest BCUT2D eigenvalue weighted by atomic mass is 16.5. The second-order valence-electron chi connectivity index (χ2n) is 5.22. The van der Waals surface area contributed by atoms with Crippen molar-refractivity contribution in [3.05, 3.63) is 47.5 Å². The van der Waals surface area contributed by atoms with Crippen LogP contribution in [0.5, 0.6) is 0 Å². The molecule has 0 atom stereocenters. The highest BCUT2D eigenvalue weighted by molar-refractivity contribution is 6.11. The van der Waals surface area contributed by atoms with E-state index < -0.39 is 0 Å². The Balaban J connectivity index is 2.11. The lowest BCUT2D eigenvalue weighted by Crippen LogP contribution is -2.06. The van der Waals surface area contributed by atoms with E-state index in [2.05, 4.69) is 11.1 Å². The van der Waals surface area contributed by atoms with Crippen LogP contribution in [0.3, 0.4) is 0 Å². The average molecular weight is 292 g/mol. The number of nitriles is 1. The van der Waals surface area contributed by atoms with Crippen molar-refractivity contribution < 1.29 is 9.53 Å². The molecule has 0 saturated heterocycles. The summed E-state index contributed by atoms with van der Waals surface area (Å²) in [4.78, 5) is 15.4. The topological polar surface area (TPSA) is 65.9 Å². The van der Waals surface area contributed by atoms with Crippen LogP contribution in [0.1, 0.15) is 35.7 Å². The first kappa shape index (κ1) is 14.2. The van der Waals surface area contributed by atoms with Gasteiger partial charge in [-0.05, 0) is 24.6 Å². The third-order valence-corrected chi connectivity index (χ3v) is 3.70. The van der Waals surface area contributed by atoms with Gasteiger partial charge in [0.1, 0.15) is 6.07 Å². The van der Waals surface area contributed by atoms with Crippen LogP contribution in [-0.2, 0) is 4.74 Å². The second-order valence-corrected chi connectivity index (χ2v) is 5.22. The van der Waals surface area contributed by atoms with Crippen LogP contribution in [0.25, 0.3) is 21.8 Å². The van der Waals surface area contributed by atoms with Crippen molar-refractivity contribution in [1.29, 1.82) is 5.26 Å². The molecule has 0 bridgehead atoms. The summed E-state index contributed by atoms with van der Waals surface area (Å²) in [7, 11) is 0. The van der Waals surface area contributed by atoms with E-state index in [0.29, 0.717) is 17.7 Å². The molecule has 1 N–H and O–H groups in total. The van der Waals surface area contributed by atoms with Crippen molar-refractivity contribution >= 4 is 27.8 Å². The molecule has 3 rings (SSSR count). The lowest BCUT2D eigenvalue weighted by molar-refractivity contribution is 0.0500. The van der Waals surface area contributed by atoms with Gasteiger partial charge < -0.3 is 9.72 Å². The van der Waals surface area contributed by atoms with E-state index in [1.54, 1.807) is 12.1 Å². The van der Waals surface area contributed by atoms with Crippen molar-refractivity contribution in [3.8, 4) is 6.07 Å². The largest absolute Gasteiger partial charge is 0.462 e. The Labute approximate surface area is 128 Å². The van der Waals surface area contributed by atoms with Gasteiger partial charge in [0, 0.05) is 16.3 Å². The Hall–Kier alpha value is -2.80. The number of aromatic nitrogens is 1. The van der Waals surface area contributed by atoms with E-state index >= 15 is 0 Å². The number of H-pyrrole nitrogens is 1. The highest BCUT2D eigenvalue weighted by Gasteiger charge is 2.14. The normalized spacial score (nSPS) is 10.7. The first-order valence-corrected chi connectivity index (χ1v) is 7.36. The number of carbonyl (C=O) groups is 1. The number of esters is 1. The van der Waals surface area contributed by atoms with Gasteiger partial charge in [0.25, 0.3) is 0 Å². The minimum absolute atomic E-state index is 0.378. The molecule has 1 aromatic heterocycles. The van der Waals surface area contributed by atoms with E-state index in [4.69, 9.17) is 4.74 Å². The molecule has 0 saturated carbocycles. The molecular formula is C18H16N2O2. The Morgan fingerprint density at radius 2 is 2.09 bits per heavy atom. The maximum Gasteiger partial charge on any atom is 0.338 e. The van der Waals surface area contributed by atoms with E-state index in [-0.39, 0.29) is 5.97 Å². The van der Waals surface area contributed by atoms with Gasteiger partial charge in [0.15, 0.2) is 0 Å². The number of nitrogens with one attached hydrogen (secondary N) is 1. The van der Waals surface area contributed by atoms with Gasteiger partial charge >= 0.3 is 5.97 Å². The van der Waals surface area contributed by atoms with Gasteiger partial charge in [-0.15, -0.1) is 0 Å². The molecule has 0 aliphatic carbocycles. The Bertz CT molecular complexity index is 887. The number of hydrogen-bond acceptors (Lipinski definition) is 3. The zero-order valence-corrected chi connectivity index (χ0v) is 12.3. The van der Waals surface area contributed by atoms with Crippen LogP contribution in [0, 0.1) is 11.3 Å². The maximum atomic E-state index is 12.1. The first-order chi connectivity index (χ1) is 10.7. The van der Waals surface area contributed by atoms with Gasteiger partial charge in [0.2, 0.25) is 0 Å². The summed E-state index contributed by atoms with van der Waals surface area (Å²) in [5.74, 6) is -0.378. The minimum atomic E-state index is -0.378. The number of rotatable bonds is 4. The number of hydrogen-bond donors (Lipinski definition) is 1. The molecule has 110 valence electrons. The predicted octanol–water partition coefficient (Wildman–Crippen LogP) is 4.15. The number of unbranched alkanes of at least 4 members (excludes halogenated alkanes) is 1. The van der Waals surface area contributed by atoms with Crippen LogP contribution >= 0.6 is 0 Å². The van der Waals surface area contributed by atoms with Crippen molar-refractivity contribution in [1.82, 2.24) is 4.98 Å². The fourth-order valence-electron chi connectivity index (χ4n) is 2.55. The summed E-state index contributed by atoms with van der Waals surface area (Å²) in [5.41, 5.74) is 2.58. The molecule has 0 unspecified atom stereocenters. The molecule has 0 radical (unpaired) electrons. The SMILES string of the molecule is CCCCOC(=O)c1cc(C#N)c2[nH]c3ccccc3c2c1. The van der Waals surface area contributed by atoms with Crippen molar-refractivity contribution in [2.24, 2.45) is 0 Å². The zero-order valence-electron chi connectivity index (χ0n) is 12.3. The quantitative estimate of drug-likeness (QED) is 0.580. The lowest BCUT2D eigenvalue weighted by atomic mass is 10.1. The number of ether oxygens (including phenoxy) is 1. The summed E-state index contributed by atoms with van der Waals surface area (Å²) in [6.07, 6.45) is 1.81. The van der Waals surface area contributed by atoms with Crippen LogP contribution < -0.4 is 0 Å². The second kappa shape index (κ2) is 5.90. The summed E-state index contributed by atoms with van der Waals surface area (Å²) in [6, 6.07) is 13.3. The standard InChI is InChI=1S/C18H16N2O2/c1-2-3-8-22-18(21)12-9-13(11-19)17-15(10-12)14-6-4-5-7-16(14)20-17/h4-7,9-10,20H,2-3,8H2,1H3. The Kier molecular flexibility index (Phi) is 3.80. The van der Waals surface area contributed by atoms with E-state index in [1.807, 2.05) is 31.2 Å². The van der Waals surface area contributed by atoms with Crippen LogP contribution in [-0.4, -0.2) is 17.6 Å². The zero-order chi connectivity index (χ0) is 15.5. The van der Waals surface area contributed by atoms with Crippen LogP contribution in [0.4, 0.5) is 0 Å². The molecule has 2 aromatic carbocycles. The lowest BCUT2D eigenvalue weighted by Gasteiger charge is -2.05. The molecule has 0 spiro atoms. The number of carbonyl (C=O) groups excluding carboxylic acids is 1. The highest BCUT2D eigenvalue weighted by Crippen LogP contribution is 2.29. The number of benzene rings is 2. The summed E-state index contributed by atoms with van der Waals surface area (Å²) >= 11 is 0. The summed E-state index contributed by atoms with van der Waals surface area (Å²) in [5, 5.41) is 11.2. The molecule has 4 heteroatoms. The van der Waals surface area contributed by atoms with Crippen molar-refractivity contribution in [2.45, 2.75) is 19.8 Å². The van der Waals surface area contributed by atoms with Gasteiger partial charge in [-0.3, -0.25) is 0 Å². The monoisotopic (exact) mass is 292 g/mol. The Morgan fingerprint density at radius 3 is 2.86 bits per heavy atom. The molecule has 4 nitrogen and oxygen atoms in total. The first-order valence-electron chi connectivity index (χ1n) is 7.36. The van der Waals surface area contributed by atoms with Gasteiger partial charge in [-0.1, -0.05) is 31.5 Å². The fourth-order valence-corrected chi connectivity index (χ4v) is 2.55. The summed E-state index contributed by atoms with van der Waals surface area (Å²) in [6.45, 7) is 2.45. The predicted molar refractivity (Wildman–Crippen MR) is 85.7 cm³/mol. The maximum absolute atomic E-state index is 12.1. The molecule has 1 heterocycles. The molecule has 0 aliphatic heterocycles. The minimum Gasteiger partial charge on any atom is -0.462 e. The van der Waals surface area contributed by atoms with Crippen molar-refractivity contribution in [2.75, 3.05) is 6.61 Å². The smallest absolute Gasteiger partial charge is 0.338 e. The van der Waals surface area contributed by atoms with Gasteiger partial charge in [-0.2, -0.15) is 5.26 Å². The number of fused-ring (bicyclic) bond motifs is 3. The van der Waals surface area contributed by atoms with Crippen molar-refractivity contribution in [3.63, 3.8) is 0 Å². The Morgan fingerprint density at radius 1 is 1.27 bits per heavy atom. The van der Waals surface area contributed by atoms with E-state index in [9.17, 15) is 10.1 Å². The molecule has 22 heavy (non-hydrogen) atoms. The number of nitrogens with zero attached hydrogens (tertiary/aromatic N) is 1. The van der Waals surface area contributed by atoms with E-state index in [0.717, 1.165) is 34.6 Å². The third kappa shape index (κ3) is 2.42. The average Bonchev–Trinajstić information content (AvgIpc) is 2.92. The van der Waals surface area contributed by atoms with Gasteiger partial charge in [-0.25, -0.2) is 4.79 Å². The number of para-hydroxylation sites is 1. The molecule has 0 fully saturated rings. The summed E-state index contributed by atoms with van der Waals surface area (Å²) < 4.78 is 5.25. The fraction of sp³-hybridized carbons (Fsp3) is 0.222. The molecule has 0 amide bonds. The molecule has 3 aromatic rings. The number of aromatic amines is 1. The third-order valence-electron chi connectivity index (χ3n) is 3.70. The van der Waals surface area contributed by atoms with E-state index in [1.165, 1.54) is 0 Å².